The first-order valence-corrected chi connectivity index (χ1v) is 6.03. The molecule has 0 spiro atoms. The van der Waals surface area contributed by atoms with Crippen molar-refractivity contribution in [2.75, 3.05) is 18.5 Å². The van der Waals surface area contributed by atoms with Crippen LogP contribution in [0.1, 0.15) is 13.8 Å². The molecule has 0 aromatic heterocycles. The van der Waals surface area contributed by atoms with Crippen LogP contribution in [0.5, 0.6) is 0 Å². The zero-order valence-corrected chi connectivity index (χ0v) is 10.9. The summed E-state index contributed by atoms with van der Waals surface area (Å²) in [6, 6.07) is 0. The maximum absolute atomic E-state index is 9.93. The smallest absolute Gasteiger partial charge is 0.230 e. The Kier molecular flexibility index (Phi) is 3.80. The van der Waals surface area contributed by atoms with Crippen LogP contribution in [0.3, 0.4) is 0 Å². The van der Waals surface area contributed by atoms with Gasteiger partial charge in [-0.05, 0) is 15.9 Å². The van der Waals surface area contributed by atoms with Crippen molar-refractivity contribution in [3.05, 3.63) is 0 Å². The van der Waals surface area contributed by atoms with Gasteiger partial charge in [0.1, 0.15) is 6.10 Å². The predicted octanol–water partition coefficient (Wildman–Crippen LogP) is 1.86. The van der Waals surface area contributed by atoms with E-state index >= 15 is 0 Å². The van der Waals surface area contributed by atoms with Crippen molar-refractivity contribution >= 4 is 31.9 Å². The van der Waals surface area contributed by atoms with Crippen molar-refractivity contribution in [2.24, 2.45) is 5.41 Å². The summed E-state index contributed by atoms with van der Waals surface area (Å²) in [5.41, 5.74) is -0.387. The van der Waals surface area contributed by atoms with Gasteiger partial charge in [-0.3, -0.25) is 0 Å². The minimum atomic E-state index is -1.30. The Morgan fingerprint density at radius 2 is 2.15 bits per heavy atom. The summed E-state index contributed by atoms with van der Waals surface area (Å²) < 4.78 is 9.01. The summed E-state index contributed by atoms with van der Waals surface area (Å²) in [6.07, 6.45) is 0.162. The number of hydrogen-bond acceptors (Lipinski definition) is 3. The fraction of sp³-hybridized carbons (Fsp3) is 1.00. The summed E-state index contributed by atoms with van der Waals surface area (Å²) in [5, 5.41) is 10.6. The van der Waals surface area contributed by atoms with Gasteiger partial charge >= 0.3 is 0 Å². The van der Waals surface area contributed by atoms with Crippen LogP contribution in [0.2, 0.25) is 0 Å². The van der Waals surface area contributed by atoms with Crippen LogP contribution in [0.25, 0.3) is 0 Å². The highest BCUT2D eigenvalue weighted by Gasteiger charge is 2.43. The Bertz CT molecular complexity index is 178. The fourth-order valence-electron chi connectivity index (χ4n) is 0.645. The van der Waals surface area contributed by atoms with E-state index in [4.69, 9.17) is 9.47 Å². The number of epoxide rings is 1. The van der Waals surface area contributed by atoms with Crippen LogP contribution in [-0.2, 0) is 9.47 Å². The lowest BCUT2D eigenvalue weighted by atomic mass is 9.96. The van der Waals surface area contributed by atoms with Gasteiger partial charge in [-0.15, -0.1) is 0 Å². The molecule has 1 N–H and O–H groups in total. The van der Waals surface area contributed by atoms with Crippen LogP contribution in [0, 0.1) is 5.41 Å². The van der Waals surface area contributed by atoms with E-state index in [2.05, 4.69) is 31.9 Å². The van der Waals surface area contributed by atoms with E-state index in [9.17, 15) is 5.11 Å². The van der Waals surface area contributed by atoms with Crippen LogP contribution in [0.15, 0.2) is 0 Å². The molecule has 0 aromatic rings. The predicted molar refractivity (Wildman–Crippen MR) is 57.1 cm³/mol. The van der Waals surface area contributed by atoms with Gasteiger partial charge in [0.2, 0.25) is 4.70 Å². The number of hydrogen-bond donors (Lipinski definition) is 1. The Morgan fingerprint density at radius 1 is 1.62 bits per heavy atom. The SMILES string of the molecule is CC(C)(CBr)C(O)(Br)OCC1CO1. The molecule has 0 amide bonds. The molecule has 5 heteroatoms. The van der Waals surface area contributed by atoms with Crippen molar-refractivity contribution in [2.45, 2.75) is 24.6 Å². The third-order valence-electron chi connectivity index (χ3n) is 2.03. The first-order chi connectivity index (χ1) is 5.89. The average molecular weight is 318 g/mol. The molecule has 0 bridgehead atoms. The van der Waals surface area contributed by atoms with E-state index < -0.39 is 4.70 Å². The molecule has 0 aromatic carbocycles. The van der Waals surface area contributed by atoms with Gasteiger partial charge in [0.25, 0.3) is 0 Å². The summed E-state index contributed by atoms with van der Waals surface area (Å²) in [6.45, 7) is 4.98. The molecule has 1 rings (SSSR count). The number of ether oxygens (including phenoxy) is 2. The van der Waals surface area contributed by atoms with E-state index in [-0.39, 0.29) is 11.5 Å². The fourth-order valence-corrected chi connectivity index (χ4v) is 1.67. The molecule has 0 radical (unpaired) electrons. The van der Waals surface area contributed by atoms with Crippen molar-refractivity contribution in [3.63, 3.8) is 0 Å². The van der Waals surface area contributed by atoms with Gasteiger partial charge in [-0.1, -0.05) is 29.8 Å². The Labute approximate surface area is 95.0 Å². The molecular weight excluding hydrogens is 304 g/mol. The average Bonchev–Trinajstić information content (AvgIpc) is 2.83. The molecular formula is C8H14Br2O3. The van der Waals surface area contributed by atoms with E-state index in [0.29, 0.717) is 11.9 Å². The summed E-state index contributed by atoms with van der Waals surface area (Å²) in [4.78, 5) is 0. The molecule has 0 saturated carbocycles. The Morgan fingerprint density at radius 3 is 2.54 bits per heavy atom. The second-order valence-electron chi connectivity index (χ2n) is 3.85. The molecule has 1 heterocycles. The first kappa shape index (κ1) is 11.9. The summed E-state index contributed by atoms with van der Waals surface area (Å²) >= 11 is 6.50. The van der Waals surface area contributed by atoms with E-state index in [1.54, 1.807) is 0 Å². The van der Waals surface area contributed by atoms with Gasteiger partial charge < -0.3 is 14.6 Å². The number of aliphatic hydroxyl groups is 1. The highest BCUT2D eigenvalue weighted by Crippen LogP contribution is 2.39. The summed E-state index contributed by atoms with van der Waals surface area (Å²) in [7, 11) is 0. The minimum absolute atomic E-state index is 0.162. The molecule has 3 nitrogen and oxygen atoms in total. The molecule has 1 aliphatic heterocycles. The highest BCUT2D eigenvalue weighted by atomic mass is 79.9. The van der Waals surface area contributed by atoms with Gasteiger partial charge in [-0.25, -0.2) is 0 Å². The summed E-state index contributed by atoms with van der Waals surface area (Å²) in [5.74, 6) is 0. The molecule has 1 fully saturated rings. The molecule has 1 saturated heterocycles. The molecule has 1 aliphatic rings. The maximum Gasteiger partial charge on any atom is 0.230 e. The zero-order valence-electron chi connectivity index (χ0n) is 7.72. The van der Waals surface area contributed by atoms with Crippen molar-refractivity contribution in [1.29, 1.82) is 0 Å². The lowest BCUT2D eigenvalue weighted by Gasteiger charge is -2.36. The second kappa shape index (κ2) is 4.14. The van der Waals surface area contributed by atoms with E-state index in [0.717, 1.165) is 6.61 Å². The van der Waals surface area contributed by atoms with Gasteiger partial charge in [-0.2, -0.15) is 0 Å². The Balaban J connectivity index is 2.41. The maximum atomic E-state index is 9.93. The van der Waals surface area contributed by atoms with Gasteiger partial charge in [0, 0.05) is 10.7 Å². The van der Waals surface area contributed by atoms with Crippen LogP contribution >= 0.6 is 31.9 Å². The third-order valence-corrected chi connectivity index (χ3v) is 4.74. The molecule has 2 unspecified atom stereocenters. The lowest BCUT2D eigenvalue weighted by Crippen LogP contribution is -2.43. The van der Waals surface area contributed by atoms with Crippen molar-refractivity contribution in [1.82, 2.24) is 0 Å². The number of rotatable bonds is 5. The second-order valence-corrected chi connectivity index (χ2v) is 5.48. The van der Waals surface area contributed by atoms with E-state index in [1.807, 2.05) is 13.8 Å². The first-order valence-electron chi connectivity index (χ1n) is 4.12. The Hall–Kier alpha value is 0.840. The molecule has 13 heavy (non-hydrogen) atoms. The van der Waals surface area contributed by atoms with Crippen LogP contribution < -0.4 is 0 Å². The lowest BCUT2D eigenvalue weighted by molar-refractivity contribution is -0.184. The highest BCUT2D eigenvalue weighted by molar-refractivity contribution is 9.10. The molecule has 0 aliphatic carbocycles. The quantitative estimate of drug-likeness (QED) is 0.478. The largest absolute Gasteiger partial charge is 0.371 e. The standard InChI is InChI=1S/C8H14Br2O3/c1-7(2,5-9)8(10,11)13-4-6-3-12-6/h6,11H,3-5H2,1-2H3. The van der Waals surface area contributed by atoms with Crippen LogP contribution in [-0.4, -0.2) is 34.5 Å². The van der Waals surface area contributed by atoms with Gasteiger partial charge in [0.05, 0.1) is 13.2 Å². The number of alkyl halides is 2. The monoisotopic (exact) mass is 316 g/mol. The number of halogens is 2. The van der Waals surface area contributed by atoms with E-state index in [1.165, 1.54) is 0 Å². The molecule has 2 atom stereocenters. The van der Waals surface area contributed by atoms with Crippen molar-refractivity contribution < 1.29 is 14.6 Å². The third kappa shape index (κ3) is 3.16. The minimum Gasteiger partial charge on any atom is -0.371 e. The zero-order chi connectivity index (χ0) is 10.1. The topological polar surface area (TPSA) is 42.0 Å². The normalized spacial score (nSPS) is 27.0. The van der Waals surface area contributed by atoms with Gasteiger partial charge in [0.15, 0.2) is 0 Å². The van der Waals surface area contributed by atoms with Crippen LogP contribution in [0.4, 0.5) is 0 Å². The molecule has 78 valence electrons. The van der Waals surface area contributed by atoms with Crippen molar-refractivity contribution in [3.8, 4) is 0 Å².